The maximum absolute atomic E-state index is 10.9. The average Bonchev–Trinajstić information content (AvgIpc) is 2.73. The van der Waals surface area contributed by atoms with Crippen LogP contribution in [0.25, 0.3) is 0 Å². The first-order valence-corrected chi connectivity index (χ1v) is 11.9. The molecule has 4 aliphatic rings. The van der Waals surface area contributed by atoms with Crippen LogP contribution in [0.1, 0.15) is 71.3 Å². The summed E-state index contributed by atoms with van der Waals surface area (Å²) < 4.78 is 6.58. The molecule has 1 aromatic carbocycles. The summed E-state index contributed by atoms with van der Waals surface area (Å²) in [7, 11) is 0. The second kappa shape index (κ2) is 6.62. The lowest BCUT2D eigenvalue weighted by atomic mass is 9.37. The van der Waals surface area contributed by atoms with Gasteiger partial charge in [-0.3, -0.25) is 0 Å². The lowest BCUT2D eigenvalue weighted by molar-refractivity contribution is -0.230. The molecule has 3 unspecified atom stereocenters. The lowest BCUT2D eigenvalue weighted by Crippen LogP contribution is -2.66. The predicted octanol–water partition coefficient (Wildman–Crippen LogP) is 4.69. The summed E-state index contributed by atoms with van der Waals surface area (Å²) in [5.74, 6) is 2.12. The van der Waals surface area contributed by atoms with Crippen molar-refractivity contribution in [3.63, 3.8) is 0 Å². The van der Waals surface area contributed by atoms with Gasteiger partial charge in [0.2, 0.25) is 0 Å². The largest absolute Gasteiger partial charge is 0.504 e. The maximum Gasteiger partial charge on any atom is 0.164 e. The van der Waals surface area contributed by atoms with Gasteiger partial charge in [-0.2, -0.15) is 0 Å². The highest BCUT2D eigenvalue weighted by Crippen LogP contribution is 2.71. The minimum Gasteiger partial charge on any atom is -0.504 e. The molecule has 3 saturated carbocycles. The number of rotatable bonds is 2. The molecule has 4 nitrogen and oxygen atoms in total. The Morgan fingerprint density at radius 2 is 1.70 bits per heavy atom. The van der Waals surface area contributed by atoms with Crippen molar-refractivity contribution in [1.82, 2.24) is 0 Å². The van der Waals surface area contributed by atoms with E-state index in [4.69, 9.17) is 4.74 Å². The fraction of sp³-hybridized carbons (Fsp3) is 0.769. The fourth-order valence-electron chi connectivity index (χ4n) is 8.90. The SMILES string of the molecule is C[C@]1(CO)CCC[C@@]2(CO)C1CC[C@]1(C)C2CC[C@]2(C)Oc3c(O)cccc3CC12. The van der Waals surface area contributed by atoms with E-state index in [1.54, 1.807) is 6.07 Å². The molecule has 1 aromatic rings. The number of benzene rings is 1. The quantitative estimate of drug-likeness (QED) is 0.657. The van der Waals surface area contributed by atoms with Crippen LogP contribution in [0.15, 0.2) is 18.2 Å². The minimum atomic E-state index is -0.282. The summed E-state index contributed by atoms with van der Waals surface area (Å²) in [6, 6.07) is 5.74. The number of para-hydroxylation sites is 1. The zero-order chi connectivity index (χ0) is 21.4. The van der Waals surface area contributed by atoms with Gasteiger partial charge in [-0.15, -0.1) is 0 Å². The van der Waals surface area contributed by atoms with Crippen LogP contribution in [0.5, 0.6) is 11.5 Å². The first-order valence-electron chi connectivity index (χ1n) is 11.9. The Hall–Kier alpha value is -1.26. The van der Waals surface area contributed by atoms with Crippen LogP contribution in [0, 0.1) is 34.0 Å². The molecule has 3 aliphatic carbocycles. The highest BCUT2D eigenvalue weighted by Gasteiger charge is 2.67. The summed E-state index contributed by atoms with van der Waals surface area (Å²) in [6.45, 7) is 7.40. The number of hydrogen-bond donors (Lipinski definition) is 3. The second-order valence-electron chi connectivity index (χ2n) is 11.7. The standard InChI is InChI=1S/C26H38O4/c1-23(15-27)10-5-11-26(16-28)19(23)8-12-24(2)20(26)9-13-25(3)21(24)14-17-6-4-7-18(29)22(17)30-25/h4,6-7,19-21,27-29H,5,8-16H2,1-3H3/t19?,20?,21?,23-,24-,25+,26-/m1/s1. The van der Waals surface area contributed by atoms with Gasteiger partial charge >= 0.3 is 0 Å². The zero-order valence-corrected chi connectivity index (χ0v) is 18.8. The van der Waals surface area contributed by atoms with Crippen LogP contribution in [0.2, 0.25) is 0 Å². The molecular weight excluding hydrogens is 376 g/mol. The highest BCUT2D eigenvalue weighted by atomic mass is 16.5. The molecule has 1 heterocycles. The number of aliphatic hydroxyl groups is 2. The zero-order valence-electron chi connectivity index (χ0n) is 18.8. The average molecular weight is 415 g/mol. The van der Waals surface area contributed by atoms with E-state index in [0.29, 0.717) is 23.5 Å². The van der Waals surface area contributed by atoms with Crippen LogP contribution in [-0.2, 0) is 6.42 Å². The molecule has 5 rings (SSSR count). The third-order valence-corrected chi connectivity index (χ3v) is 10.3. The molecule has 30 heavy (non-hydrogen) atoms. The maximum atomic E-state index is 10.9. The Kier molecular flexibility index (Phi) is 4.55. The van der Waals surface area contributed by atoms with Gasteiger partial charge < -0.3 is 20.1 Å². The van der Waals surface area contributed by atoms with Crippen molar-refractivity contribution >= 4 is 0 Å². The van der Waals surface area contributed by atoms with E-state index in [1.807, 2.05) is 6.07 Å². The van der Waals surface area contributed by atoms with Crippen LogP contribution in [0.3, 0.4) is 0 Å². The van der Waals surface area contributed by atoms with E-state index >= 15 is 0 Å². The molecule has 4 heteroatoms. The smallest absolute Gasteiger partial charge is 0.164 e. The summed E-state index contributed by atoms with van der Waals surface area (Å²) >= 11 is 0. The van der Waals surface area contributed by atoms with Gasteiger partial charge in [0.25, 0.3) is 0 Å². The summed E-state index contributed by atoms with van der Waals surface area (Å²) in [6.07, 6.45) is 8.36. The van der Waals surface area contributed by atoms with Crippen molar-refractivity contribution in [3.8, 4) is 11.5 Å². The Labute approximate surface area is 180 Å². The molecule has 1 aliphatic heterocycles. The van der Waals surface area contributed by atoms with Crippen molar-refractivity contribution < 1.29 is 20.1 Å². The van der Waals surface area contributed by atoms with E-state index in [2.05, 4.69) is 26.8 Å². The number of phenols is 1. The van der Waals surface area contributed by atoms with Gasteiger partial charge in [-0.25, -0.2) is 0 Å². The van der Waals surface area contributed by atoms with Crippen molar-refractivity contribution in [1.29, 1.82) is 0 Å². The normalized spacial score (nSPS) is 47.3. The lowest BCUT2D eigenvalue weighted by Gasteiger charge is -2.69. The van der Waals surface area contributed by atoms with Crippen LogP contribution in [0.4, 0.5) is 0 Å². The van der Waals surface area contributed by atoms with Crippen molar-refractivity contribution in [3.05, 3.63) is 23.8 Å². The van der Waals surface area contributed by atoms with E-state index in [0.717, 1.165) is 56.9 Å². The number of phenolic OH excluding ortho intramolecular Hbond substituents is 1. The van der Waals surface area contributed by atoms with E-state index < -0.39 is 0 Å². The van der Waals surface area contributed by atoms with E-state index in [-0.39, 0.29) is 40.8 Å². The van der Waals surface area contributed by atoms with Gasteiger partial charge in [0.05, 0.1) is 0 Å². The van der Waals surface area contributed by atoms with Gasteiger partial charge in [0.15, 0.2) is 11.5 Å². The Morgan fingerprint density at radius 1 is 0.933 bits per heavy atom. The minimum absolute atomic E-state index is 0.0789. The van der Waals surface area contributed by atoms with Gasteiger partial charge in [0, 0.05) is 24.5 Å². The molecule has 0 radical (unpaired) electrons. The molecule has 0 amide bonds. The van der Waals surface area contributed by atoms with Crippen molar-refractivity contribution in [2.45, 2.75) is 77.7 Å². The Balaban J connectivity index is 1.57. The highest BCUT2D eigenvalue weighted by molar-refractivity contribution is 5.48. The molecule has 0 saturated heterocycles. The van der Waals surface area contributed by atoms with Crippen molar-refractivity contribution in [2.75, 3.05) is 13.2 Å². The van der Waals surface area contributed by atoms with Crippen LogP contribution in [-0.4, -0.2) is 34.1 Å². The number of fused-ring (bicyclic) bond motifs is 6. The number of hydrogen-bond acceptors (Lipinski definition) is 4. The van der Waals surface area contributed by atoms with E-state index in [9.17, 15) is 15.3 Å². The predicted molar refractivity (Wildman–Crippen MR) is 116 cm³/mol. The summed E-state index contributed by atoms with van der Waals surface area (Å²) in [5.41, 5.74) is 0.745. The molecule has 0 spiro atoms. The Bertz CT molecular complexity index is 838. The molecule has 166 valence electrons. The molecule has 7 atom stereocenters. The van der Waals surface area contributed by atoms with Crippen LogP contribution < -0.4 is 4.74 Å². The van der Waals surface area contributed by atoms with Gasteiger partial charge in [-0.05, 0) is 86.2 Å². The van der Waals surface area contributed by atoms with Gasteiger partial charge in [-0.1, -0.05) is 32.4 Å². The molecule has 3 N–H and O–H groups in total. The third kappa shape index (κ3) is 2.53. The first-order chi connectivity index (χ1) is 14.2. The molecule has 3 fully saturated rings. The number of aromatic hydroxyl groups is 1. The van der Waals surface area contributed by atoms with Gasteiger partial charge in [0.1, 0.15) is 5.60 Å². The second-order valence-corrected chi connectivity index (χ2v) is 11.7. The summed E-state index contributed by atoms with van der Waals surface area (Å²) in [4.78, 5) is 0. The Morgan fingerprint density at radius 3 is 2.43 bits per heavy atom. The topological polar surface area (TPSA) is 69.9 Å². The number of ether oxygens (including phenoxy) is 1. The summed E-state index contributed by atoms with van der Waals surface area (Å²) in [5, 5.41) is 31.6. The van der Waals surface area contributed by atoms with Crippen molar-refractivity contribution in [2.24, 2.45) is 34.0 Å². The molecular formula is C26H38O4. The third-order valence-electron chi connectivity index (χ3n) is 10.3. The number of aliphatic hydroxyl groups excluding tert-OH is 2. The fourth-order valence-corrected chi connectivity index (χ4v) is 8.90. The monoisotopic (exact) mass is 414 g/mol. The van der Waals surface area contributed by atoms with E-state index in [1.165, 1.54) is 0 Å². The first kappa shape index (κ1) is 20.6. The molecule has 0 bridgehead atoms. The van der Waals surface area contributed by atoms with Crippen LogP contribution >= 0.6 is 0 Å². The molecule has 0 aromatic heterocycles.